The van der Waals surface area contributed by atoms with Crippen LogP contribution in [0.3, 0.4) is 0 Å². The molecule has 1 unspecified atom stereocenters. The minimum absolute atomic E-state index is 0.0699. The number of nitrogens with zero attached hydrogens (tertiary/aromatic N) is 1. The number of aliphatic hydroxyl groups excluding tert-OH is 1. The first-order valence-electron chi connectivity index (χ1n) is 7.47. The summed E-state index contributed by atoms with van der Waals surface area (Å²) >= 11 is 0. The van der Waals surface area contributed by atoms with Gasteiger partial charge in [-0.15, -0.1) is 0 Å². The van der Waals surface area contributed by atoms with Crippen LogP contribution >= 0.6 is 0 Å². The first-order chi connectivity index (χ1) is 9.38. The Labute approximate surface area is 122 Å². The maximum absolute atomic E-state index is 10.4. The van der Waals surface area contributed by atoms with Crippen LogP contribution in [-0.4, -0.2) is 41.8 Å². The molecule has 3 nitrogen and oxygen atoms in total. The normalized spacial score (nSPS) is 20.9. The second-order valence-electron chi connectivity index (χ2n) is 6.58. The van der Waals surface area contributed by atoms with Crippen LogP contribution in [-0.2, 0) is 4.74 Å². The van der Waals surface area contributed by atoms with E-state index in [-0.39, 0.29) is 11.6 Å². The second kappa shape index (κ2) is 6.25. The zero-order chi connectivity index (χ0) is 14.8. The van der Waals surface area contributed by atoms with Crippen LogP contribution in [0.4, 0.5) is 0 Å². The lowest BCUT2D eigenvalue weighted by atomic mass is 9.98. The maximum atomic E-state index is 10.4. The molecule has 0 bridgehead atoms. The Morgan fingerprint density at radius 3 is 2.50 bits per heavy atom. The molecule has 1 N–H and O–H groups in total. The molecule has 0 amide bonds. The van der Waals surface area contributed by atoms with Gasteiger partial charge in [-0.1, -0.05) is 29.3 Å². The number of benzene rings is 1. The average Bonchev–Trinajstić information content (AvgIpc) is 2.35. The molecular formula is C17H27NO2. The summed E-state index contributed by atoms with van der Waals surface area (Å²) in [4.78, 5) is 2.42. The van der Waals surface area contributed by atoms with E-state index in [1.54, 1.807) is 0 Å². The van der Waals surface area contributed by atoms with Gasteiger partial charge in [-0.25, -0.2) is 0 Å². The van der Waals surface area contributed by atoms with Crippen LogP contribution < -0.4 is 0 Å². The summed E-state index contributed by atoms with van der Waals surface area (Å²) in [7, 11) is 0. The third kappa shape index (κ3) is 3.81. The van der Waals surface area contributed by atoms with Crippen LogP contribution in [0.2, 0.25) is 0 Å². The second-order valence-corrected chi connectivity index (χ2v) is 6.58. The van der Waals surface area contributed by atoms with Crippen molar-refractivity contribution in [2.45, 2.75) is 45.8 Å². The van der Waals surface area contributed by atoms with E-state index in [0.29, 0.717) is 0 Å². The van der Waals surface area contributed by atoms with Crippen molar-refractivity contribution in [3.05, 3.63) is 34.9 Å². The van der Waals surface area contributed by atoms with Gasteiger partial charge < -0.3 is 9.84 Å². The first kappa shape index (κ1) is 15.5. The highest BCUT2D eigenvalue weighted by molar-refractivity contribution is 5.29. The van der Waals surface area contributed by atoms with Gasteiger partial charge in [0.05, 0.1) is 19.3 Å². The molecule has 0 saturated carbocycles. The molecule has 1 aliphatic heterocycles. The summed E-state index contributed by atoms with van der Waals surface area (Å²) in [5.41, 5.74) is 3.53. The molecule has 1 aromatic rings. The van der Waals surface area contributed by atoms with Crippen molar-refractivity contribution in [3.63, 3.8) is 0 Å². The quantitative estimate of drug-likeness (QED) is 0.918. The molecule has 2 rings (SSSR count). The zero-order valence-corrected chi connectivity index (χ0v) is 13.1. The van der Waals surface area contributed by atoms with Gasteiger partial charge >= 0.3 is 0 Å². The van der Waals surface area contributed by atoms with Gasteiger partial charge in [-0.05, 0) is 39.7 Å². The zero-order valence-electron chi connectivity index (χ0n) is 13.1. The predicted octanol–water partition coefficient (Wildman–Crippen LogP) is 2.84. The summed E-state index contributed by atoms with van der Waals surface area (Å²) in [5, 5.41) is 10.4. The van der Waals surface area contributed by atoms with Crippen molar-refractivity contribution >= 4 is 0 Å². The molecular weight excluding hydrogens is 250 g/mol. The Morgan fingerprint density at radius 2 is 1.90 bits per heavy atom. The van der Waals surface area contributed by atoms with E-state index in [4.69, 9.17) is 4.74 Å². The Morgan fingerprint density at radius 1 is 1.25 bits per heavy atom. The fourth-order valence-electron chi connectivity index (χ4n) is 2.95. The van der Waals surface area contributed by atoms with E-state index in [2.05, 4.69) is 50.8 Å². The Kier molecular flexibility index (Phi) is 4.84. The number of hydrogen-bond acceptors (Lipinski definition) is 3. The largest absolute Gasteiger partial charge is 0.388 e. The van der Waals surface area contributed by atoms with Gasteiger partial charge in [0.25, 0.3) is 0 Å². The van der Waals surface area contributed by atoms with Crippen molar-refractivity contribution in [2.24, 2.45) is 0 Å². The lowest BCUT2D eigenvalue weighted by Gasteiger charge is -2.42. The van der Waals surface area contributed by atoms with Gasteiger partial charge in [-0.2, -0.15) is 0 Å². The van der Waals surface area contributed by atoms with Gasteiger partial charge in [0, 0.05) is 18.6 Å². The van der Waals surface area contributed by atoms with E-state index in [9.17, 15) is 5.11 Å². The van der Waals surface area contributed by atoms with E-state index in [0.717, 1.165) is 38.3 Å². The third-order valence-corrected chi connectivity index (χ3v) is 4.12. The van der Waals surface area contributed by atoms with Crippen LogP contribution in [0.15, 0.2) is 18.2 Å². The molecule has 20 heavy (non-hydrogen) atoms. The van der Waals surface area contributed by atoms with Crippen molar-refractivity contribution in [3.8, 4) is 0 Å². The summed E-state index contributed by atoms with van der Waals surface area (Å²) < 4.78 is 5.53. The molecule has 0 aliphatic carbocycles. The molecule has 1 aliphatic rings. The standard InChI is InChI=1S/C17H27NO2/c1-13-9-14(2)11-15(10-13)16(19)5-6-18-7-8-20-12-17(18,3)4/h9-11,16,19H,5-8,12H2,1-4H3. The van der Waals surface area contributed by atoms with E-state index in [1.807, 2.05) is 0 Å². The number of hydrogen-bond donors (Lipinski definition) is 1. The van der Waals surface area contributed by atoms with Crippen LogP contribution in [0, 0.1) is 13.8 Å². The third-order valence-electron chi connectivity index (χ3n) is 4.12. The van der Waals surface area contributed by atoms with Gasteiger partial charge in [0.2, 0.25) is 0 Å². The molecule has 1 aromatic carbocycles. The monoisotopic (exact) mass is 277 g/mol. The Balaban J connectivity index is 1.96. The predicted molar refractivity (Wildman–Crippen MR) is 82.0 cm³/mol. The molecule has 1 saturated heterocycles. The highest BCUT2D eigenvalue weighted by Crippen LogP contribution is 2.24. The maximum Gasteiger partial charge on any atom is 0.0802 e. The number of aliphatic hydroxyl groups is 1. The molecule has 3 heteroatoms. The molecule has 112 valence electrons. The first-order valence-corrected chi connectivity index (χ1v) is 7.47. The molecule has 0 radical (unpaired) electrons. The fraction of sp³-hybridized carbons (Fsp3) is 0.647. The minimum atomic E-state index is -0.382. The average molecular weight is 277 g/mol. The highest BCUT2D eigenvalue weighted by Gasteiger charge is 2.30. The molecule has 1 heterocycles. The van der Waals surface area contributed by atoms with Crippen LogP contribution in [0.1, 0.15) is 43.1 Å². The van der Waals surface area contributed by atoms with E-state index in [1.165, 1.54) is 11.1 Å². The van der Waals surface area contributed by atoms with Gasteiger partial charge in [0.1, 0.15) is 0 Å². The number of rotatable bonds is 4. The molecule has 1 atom stereocenters. The van der Waals surface area contributed by atoms with Crippen LogP contribution in [0.5, 0.6) is 0 Å². The van der Waals surface area contributed by atoms with Crippen LogP contribution in [0.25, 0.3) is 0 Å². The fourth-order valence-corrected chi connectivity index (χ4v) is 2.95. The van der Waals surface area contributed by atoms with Crippen molar-refractivity contribution < 1.29 is 9.84 Å². The molecule has 0 spiro atoms. The molecule has 0 aromatic heterocycles. The lowest BCUT2D eigenvalue weighted by molar-refractivity contribution is -0.0552. The van der Waals surface area contributed by atoms with Gasteiger partial charge in [-0.3, -0.25) is 4.90 Å². The summed E-state index contributed by atoms with van der Waals surface area (Å²) in [6.07, 6.45) is 0.388. The lowest BCUT2D eigenvalue weighted by Crippen LogP contribution is -2.53. The van der Waals surface area contributed by atoms with Gasteiger partial charge in [0.15, 0.2) is 0 Å². The number of aryl methyl sites for hydroxylation is 2. The Bertz CT molecular complexity index is 436. The highest BCUT2D eigenvalue weighted by atomic mass is 16.5. The SMILES string of the molecule is Cc1cc(C)cc(C(O)CCN2CCOCC2(C)C)c1. The van der Waals surface area contributed by atoms with Crippen molar-refractivity contribution in [2.75, 3.05) is 26.3 Å². The van der Waals surface area contributed by atoms with Crippen molar-refractivity contribution in [1.29, 1.82) is 0 Å². The van der Waals surface area contributed by atoms with Crippen molar-refractivity contribution in [1.82, 2.24) is 4.90 Å². The molecule has 1 fully saturated rings. The smallest absolute Gasteiger partial charge is 0.0802 e. The van der Waals surface area contributed by atoms with E-state index < -0.39 is 0 Å². The topological polar surface area (TPSA) is 32.7 Å². The van der Waals surface area contributed by atoms with E-state index >= 15 is 0 Å². The summed E-state index contributed by atoms with van der Waals surface area (Å²) in [5.74, 6) is 0. The Hall–Kier alpha value is -0.900. The number of morpholine rings is 1. The summed E-state index contributed by atoms with van der Waals surface area (Å²) in [6, 6.07) is 6.31. The minimum Gasteiger partial charge on any atom is -0.388 e. The number of ether oxygens (including phenoxy) is 1. The summed E-state index contributed by atoms with van der Waals surface area (Å²) in [6.45, 7) is 12.0.